The molecule has 7 heteroatoms. The van der Waals surface area contributed by atoms with Gasteiger partial charge in [0.05, 0.1) is 18.6 Å². The second kappa shape index (κ2) is 13.2. The molecular formula is C35H40N4O3. The summed E-state index contributed by atoms with van der Waals surface area (Å²) in [6.45, 7) is 7.18. The lowest BCUT2D eigenvalue weighted by Crippen LogP contribution is -2.44. The van der Waals surface area contributed by atoms with Crippen LogP contribution >= 0.6 is 0 Å². The van der Waals surface area contributed by atoms with Gasteiger partial charge in [0.1, 0.15) is 0 Å². The zero-order valence-electron chi connectivity index (χ0n) is 24.7. The summed E-state index contributed by atoms with van der Waals surface area (Å²) in [5, 5.41) is 6.35. The molecule has 1 unspecified atom stereocenters. The third-order valence-electron chi connectivity index (χ3n) is 8.75. The molecule has 2 N–H and O–H groups in total. The molecule has 0 radical (unpaired) electrons. The molecule has 0 saturated carbocycles. The Morgan fingerprint density at radius 1 is 0.905 bits per heavy atom. The van der Waals surface area contributed by atoms with Gasteiger partial charge < -0.3 is 20.3 Å². The molecule has 3 aromatic rings. The molecule has 2 aromatic carbocycles. The van der Waals surface area contributed by atoms with Crippen LogP contribution in [-0.4, -0.2) is 55.0 Å². The molecule has 1 aromatic heterocycles. The summed E-state index contributed by atoms with van der Waals surface area (Å²) in [6.07, 6.45) is 6.31. The molecule has 1 saturated heterocycles. The van der Waals surface area contributed by atoms with E-state index in [1.807, 2.05) is 26.0 Å². The van der Waals surface area contributed by atoms with Crippen molar-refractivity contribution in [3.63, 3.8) is 0 Å². The van der Waals surface area contributed by atoms with Gasteiger partial charge >= 0.3 is 5.97 Å². The summed E-state index contributed by atoms with van der Waals surface area (Å²) in [4.78, 5) is 33.0. The van der Waals surface area contributed by atoms with Gasteiger partial charge in [0, 0.05) is 41.3 Å². The second-order valence-electron chi connectivity index (χ2n) is 11.2. The Kier molecular flexibility index (Phi) is 9.18. The lowest BCUT2D eigenvalue weighted by Gasteiger charge is -2.43. The molecule has 3 heterocycles. The minimum atomic E-state index is -0.534. The van der Waals surface area contributed by atoms with Crippen molar-refractivity contribution in [1.82, 2.24) is 20.5 Å². The molecular weight excluding hydrogens is 524 g/mol. The van der Waals surface area contributed by atoms with Crippen LogP contribution in [0.5, 0.6) is 0 Å². The minimum absolute atomic E-state index is 0.0240. The van der Waals surface area contributed by atoms with Gasteiger partial charge in [-0.2, -0.15) is 0 Å². The van der Waals surface area contributed by atoms with Crippen molar-refractivity contribution in [3.8, 4) is 0 Å². The monoisotopic (exact) mass is 564 g/mol. The van der Waals surface area contributed by atoms with E-state index in [2.05, 4.69) is 81.2 Å². The van der Waals surface area contributed by atoms with E-state index in [0.29, 0.717) is 23.4 Å². The molecule has 218 valence electrons. The Hall–Kier alpha value is -4.23. The number of rotatable bonds is 9. The van der Waals surface area contributed by atoms with Gasteiger partial charge in [0.15, 0.2) is 0 Å². The number of piperidine rings is 1. The summed E-state index contributed by atoms with van der Waals surface area (Å²) >= 11 is 0. The van der Waals surface area contributed by atoms with E-state index in [9.17, 15) is 9.59 Å². The molecule has 42 heavy (non-hydrogen) atoms. The smallest absolute Gasteiger partial charge is 0.336 e. The van der Waals surface area contributed by atoms with E-state index in [0.717, 1.165) is 50.2 Å². The first-order chi connectivity index (χ1) is 20.4. The summed E-state index contributed by atoms with van der Waals surface area (Å²) in [7, 11) is 1.36. The van der Waals surface area contributed by atoms with Crippen LogP contribution in [0.15, 0.2) is 108 Å². The first-order valence-corrected chi connectivity index (χ1v) is 14.7. The Bertz CT molecular complexity index is 1400. The highest BCUT2D eigenvalue weighted by molar-refractivity contribution is 6.02. The average Bonchev–Trinajstić information content (AvgIpc) is 3.04. The molecule has 1 amide bonds. The standard InChI is InChI=1S/C35H40N4O3/c1-25-30(32(27-15-20-36-21-16-27)31(26(2)38-25)34(41)42-3)33(40)37-19-10-22-39-23-17-35(18-24-39,28-11-6-4-7-12-28)29-13-8-5-9-14-29/h4-9,11-16,20-21,32,38H,10,17-19,22-24H2,1-3H3,(H,37,40). The third-order valence-corrected chi connectivity index (χ3v) is 8.75. The highest BCUT2D eigenvalue weighted by Gasteiger charge is 2.38. The number of dihydropyridines is 1. The van der Waals surface area contributed by atoms with Crippen LogP contribution in [-0.2, 0) is 19.7 Å². The maximum Gasteiger partial charge on any atom is 0.336 e. The van der Waals surface area contributed by atoms with Crippen LogP contribution in [0.3, 0.4) is 0 Å². The van der Waals surface area contributed by atoms with E-state index in [-0.39, 0.29) is 11.3 Å². The number of carbonyl (C=O) groups is 2. The fraction of sp³-hybridized carbons (Fsp3) is 0.343. The fourth-order valence-corrected chi connectivity index (χ4v) is 6.58. The molecule has 0 bridgehead atoms. The van der Waals surface area contributed by atoms with Crippen LogP contribution in [0.2, 0.25) is 0 Å². The van der Waals surface area contributed by atoms with Crippen LogP contribution in [0.25, 0.3) is 0 Å². The van der Waals surface area contributed by atoms with E-state index >= 15 is 0 Å². The maximum absolute atomic E-state index is 13.6. The van der Waals surface area contributed by atoms with Gasteiger partial charge in [-0.05, 0) is 81.6 Å². The van der Waals surface area contributed by atoms with Crippen LogP contribution < -0.4 is 10.6 Å². The Balaban J connectivity index is 1.21. The number of nitrogens with zero attached hydrogens (tertiary/aromatic N) is 2. The predicted octanol–water partition coefficient (Wildman–Crippen LogP) is 5.08. The third kappa shape index (κ3) is 6.02. The number of hydrogen-bond acceptors (Lipinski definition) is 6. The van der Waals surface area contributed by atoms with Crippen molar-refractivity contribution in [3.05, 3.63) is 124 Å². The largest absolute Gasteiger partial charge is 0.466 e. The topological polar surface area (TPSA) is 83.6 Å². The fourth-order valence-electron chi connectivity index (χ4n) is 6.58. The Morgan fingerprint density at radius 3 is 2.05 bits per heavy atom. The molecule has 0 spiro atoms. The molecule has 5 rings (SSSR count). The zero-order chi connectivity index (χ0) is 29.5. The number of likely N-dealkylation sites (tertiary alicyclic amines) is 1. The van der Waals surface area contributed by atoms with Gasteiger partial charge in [-0.15, -0.1) is 0 Å². The van der Waals surface area contributed by atoms with Crippen molar-refractivity contribution in [2.24, 2.45) is 0 Å². The number of esters is 1. The summed E-state index contributed by atoms with van der Waals surface area (Å²) in [5.41, 5.74) is 5.99. The van der Waals surface area contributed by atoms with E-state index in [4.69, 9.17) is 4.74 Å². The molecule has 1 atom stereocenters. The van der Waals surface area contributed by atoms with Gasteiger partial charge in [-0.25, -0.2) is 4.79 Å². The highest BCUT2D eigenvalue weighted by atomic mass is 16.5. The maximum atomic E-state index is 13.6. The molecule has 0 aliphatic carbocycles. The van der Waals surface area contributed by atoms with E-state index in [1.54, 1.807) is 12.4 Å². The lowest BCUT2D eigenvalue weighted by molar-refractivity contribution is -0.136. The van der Waals surface area contributed by atoms with Crippen molar-refractivity contribution in [2.75, 3.05) is 33.3 Å². The number of allylic oxidation sites excluding steroid dienone is 2. The SMILES string of the molecule is COC(=O)C1=C(C)NC(C)=C(C(=O)NCCCN2CCC(c3ccccc3)(c3ccccc3)CC2)C1c1ccncc1. The molecule has 2 aliphatic rings. The van der Waals surface area contributed by atoms with Crippen molar-refractivity contribution in [2.45, 2.75) is 44.4 Å². The first kappa shape index (κ1) is 29.3. The first-order valence-electron chi connectivity index (χ1n) is 14.7. The van der Waals surface area contributed by atoms with Crippen LogP contribution in [0.4, 0.5) is 0 Å². The summed E-state index contributed by atoms with van der Waals surface area (Å²) < 4.78 is 5.10. The predicted molar refractivity (Wildman–Crippen MR) is 164 cm³/mol. The normalized spacial score (nSPS) is 18.8. The quantitative estimate of drug-likeness (QED) is 0.279. The Labute approximate surface area is 248 Å². The number of nitrogens with one attached hydrogen (secondary N) is 2. The molecule has 2 aliphatic heterocycles. The highest BCUT2D eigenvalue weighted by Crippen LogP contribution is 2.42. The number of pyridine rings is 1. The number of hydrogen-bond donors (Lipinski definition) is 2. The van der Waals surface area contributed by atoms with Crippen LogP contribution in [0.1, 0.15) is 55.7 Å². The number of ether oxygens (including phenoxy) is 1. The lowest BCUT2D eigenvalue weighted by atomic mass is 9.68. The zero-order valence-corrected chi connectivity index (χ0v) is 24.7. The Morgan fingerprint density at radius 2 is 1.48 bits per heavy atom. The molecule has 7 nitrogen and oxygen atoms in total. The minimum Gasteiger partial charge on any atom is -0.466 e. The van der Waals surface area contributed by atoms with Crippen molar-refractivity contribution < 1.29 is 14.3 Å². The number of amides is 1. The van der Waals surface area contributed by atoms with Crippen molar-refractivity contribution >= 4 is 11.9 Å². The number of benzene rings is 2. The van der Waals surface area contributed by atoms with Crippen molar-refractivity contribution in [1.29, 1.82) is 0 Å². The van der Waals surface area contributed by atoms with Crippen LogP contribution in [0, 0.1) is 0 Å². The van der Waals surface area contributed by atoms with Gasteiger partial charge in [-0.3, -0.25) is 9.78 Å². The molecule has 1 fully saturated rings. The number of carbonyl (C=O) groups excluding carboxylic acids is 2. The summed E-state index contributed by atoms with van der Waals surface area (Å²) in [6, 6.07) is 25.4. The second-order valence-corrected chi connectivity index (χ2v) is 11.2. The van der Waals surface area contributed by atoms with Gasteiger partial charge in [-0.1, -0.05) is 60.7 Å². The number of aromatic nitrogens is 1. The van der Waals surface area contributed by atoms with Gasteiger partial charge in [0.25, 0.3) is 0 Å². The number of methoxy groups -OCH3 is 1. The average molecular weight is 565 g/mol. The van der Waals surface area contributed by atoms with Gasteiger partial charge in [0.2, 0.25) is 5.91 Å². The van der Waals surface area contributed by atoms with E-state index in [1.165, 1.54) is 18.2 Å². The van der Waals surface area contributed by atoms with E-state index < -0.39 is 11.9 Å². The summed E-state index contributed by atoms with van der Waals surface area (Å²) in [5.74, 6) is -1.17.